The normalized spacial score (nSPS) is 16.2. The van der Waals surface area contributed by atoms with E-state index in [9.17, 15) is 9.59 Å². The maximum Gasteiger partial charge on any atom is 0.338 e. The SMILES string of the molecule is COc1ccc(C2=CC=N/C(=C/C(=N)C(=O)Nc3ccc(C(=O)OCCN4CCOCC4)cc3)N2)cc1OC. The van der Waals surface area contributed by atoms with E-state index in [1.54, 1.807) is 56.8 Å². The van der Waals surface area contributed by atoms with Crippen LogP contribution in [-0.2, 0) is 14.3 Å². The van der Waals surface area contributed by atoms with Gasteiger partial charge in [0, 0.05) is 48.9 Å². The van der Waals surface area contributed by atoms with Crippen molar-refractivity contribution in [3.8, 4) is 11.5 Å². The quantitative estimate of drug-likeness (QED) is 0.314. The molecule has 2 aromatic rings. The second kappa shape index (κ2) is 13.4. The average Bonchev–Trinajstić information content (AvgIpc) is 2.97. The summed E-state index contributed by atoms with van der Waals surface area (Å²) in [5.41, 5.74) is 2.06. The summed E-state index contributed by atoms with van der Waals surface area (Å²) in [5, 5.41) is 14.0. The number of ether oxygens (including phenoxy) is 4. The number of amides is 1. The van der Waals surface area contributed by atoms with E-state index in [0.717, 1.165) is 24.4 Å². The van der Waals surface area contributed by atoms with Crippen molar-refractivity contribution < 1.29 is 28.5 Å². The Hall–Kier alpha value is -4.48. The fourth-order valence-electron chi connectivity index (χ4n) is 3.92. The molecular formula is C28H31N5O6. The first-order valence-corrected chi connectivity index (χ1v) is 12.4. The Bertz CT molecular complexity index is 1300. The molecular weight excluding hydrogens is 502 g/mol. The Morgan fingerprint density at radius 1 is 1.10 bits per heavy atom. The lowest BCUT2D eigenvalue weighted by Gasteiger charge is -2.26. The summed E-state index contributed by atoms with van der Waals surface area (Å²) in [6.45, 7) is 3.99. The third kappa shape index (κ3) is 7.53. The highest BCUT2D eigenvalue weighted by Gasteiger charge is 2.15. The molecule has 1 amide bonds. The van der Waals surface area contributed by atoms with Crippen LogP contribution in [0.25, 0.3) is 5.70 Å². The average molecular weight is 534 g/mol. The van der Waals surface area contributed by atoms with E-state index < -0.39 is 11.9 Å². The molecule has 11 heteroatoms. The van der Waals surface area contributed by atoms with Gasteiger partial charge in [0.25, 0.3) is 5.91 Å². The molecule has 0 radical (unpaired) electrons. The monoisotopic (exact) mass is 533 g/mol. The Morgan fingerprint density at radius 2 is 1.85 bits per heavy atom. The van der Waals surface area contributed by atoms with Gasteiger partial charge in [-0.25, -0.2) is 9.79 Å². The number of allylic oxidation sites excluding steroid dienone is 1. The molecule has 3 N–H and O–H groups in total. The molecule has 0 atom stereocenters. The summed E-state index contributed by atoms with van der Waals surface area (Å²) >= 11 is 0. The van der Waals surface area contributed by atoms with Gasteiger partial charge in [0.1, 0.15) is 18.1 Å². The lowest BCUT2D eigenvalue weighted by molar-refractivity contribution is -0.110. The van der Waals surface area contributed by atoms with Gasteiger partial charge in [0.15, 0.2) is 11.5 Å². The second-order valence-corrected chi connectivity index (χ2v) is 8.62. The Kier molecular flexibility index (Phi) is 9.44. The van der Waals surface area contributed by atoms with E-state index in [1.165, 1.54) is 6.08 Å². The van der Waals surface area contributed by atoms with Gasteiger partial charge >= 0.3 is 5.97 Å². The zero-order chi connectivity index (χ0) is 27.6. The summed E-state index contributed by atoms with van der Waals surface area (Å²) in [4.78, 5) is 31.3. The van der Waals surface area contributed by atoms with Gasteiger partial charge in [-0.2, -0.15) is 0 Å². The van der Waals surface area contributed by atoms with Crippen LogP contribution in [-0.4, -0.2) is 82.4 Å². The minimum absolute atomic E-state index is 0.294. The number of hydrogen-bond donors (Lipinski definition) is 3. The van der Waals surface area contributed by atoms with E-state index in [1.807, 2.05) is 12.1 Å². The number of carbonyl (C=O) groups is 2. The maximum absolute atomic E-state index is 12.6. The third-order valence-electron chi connectivity index (χ3n) is 6.06. The molecule has 1 saturated heterocycles. The molecule has 0 aliphatic carbocycles. The lowest BCUT2D eigenvalue weighted by Crippen LogP contribution is -2.38. The molecule has 0 spiro atoms. The molecule has 0 bridgehead atoms. The highest BCUT2D eigenvalue weighted by atomic mass is 16.5. The van der Waals surface area contributed by atoms with Crippen molar-refractivity contribution in [3.63, 3.8) is 0 Å². The van der Waals surface area contributed by atoms with Crippen molar-refractivity contribution in [3.05, 3.63) is 71.6 Å². The van der Waals surface area contributed by atoms with Gasteiger partial charge in [0.05, 0.1) is 33.0 Å². The van der Waals surface area contributed by atoms with E-state index in [0.29, 0.717) is 54.9 Å². The number of methoxy groups -OCH3 is 2. The van der Waals surface area contributed by atoms with Gasteiger partial charge in [-0.05, 0) is 48.5 Å². The Morgan fingerprint density at radius 3 is 2.56 bits per heavy atom. The molecule has 204 valence electrons. The third-order valence-corrected chi connectivity index (χ3v) is 6.06. The molecule has 2 aliphatic rings. The Balaban J connectivity index is 1.29. The molecule has 2 heterocycles. The van der Waals surface area contributed by atoms with Crippen molar-refractivity contribution in [2.75, 3.05) is 59.0 Å². The van der Waals surface area contributed by atoms with Crippen molar-refractivity contribution >= 4 is 35.2 Å². The zero-order valence-electron chi connectivity index (χ0n) is 21.9. The number of rotatable bonds is 10. The van der Waals surface area contributed by atoms with E-state index >= 15 is 0 Å². The number of nitrogens with zero attached hydrogens (tertiary/aromatic N) is 2. The number of anilines is 1. The van der Waals surface area contributed by atoms with Crippen LogP contribution in [0.4, 0.5) is 5.69 Å². The van der Waals surface area contributed by atoms with Gasteiger partial charge in [0.2, 0.25) is 0 Å². The van der Waals surface area contributed by atoms with E-state index in [2.05, 4.69) is 20.5 Å². The minimum Gasteiger partial charge on any atom is -0.493 e. The molecule has 4 rings (SSSR count). The van der Waals surface area contributed by atoms with E-state index in [4.69, 9.17) is 24.4 Å². The molecule has 0 saturated carbocycles. The van der Waals surface area contributed by atoms with Crippen LogP contribution < -0.4 is 20.1 Å². The number of morpholine rings is 1. The molecule has 0 unspecified atom stereocenters. The summed E-state index contributed by atoms with van der Waals surface area (Å²) in [6.07, 6.45) is 4.69. The van der Waals surface area contributed by atoms with Gasteiger partial charge in [-0.3, -0.25) is 15.1 Å². The van der Waals surface area contributed by atoms with Gasteiger partial charge in [-0.15, -0.1) is 0 Å². The topological polar surface area (TPSA) is 135 Å². The van der Waals surface area contributed by atoms with Crippen molar-refractivity contribution in [2.45, 2.75) is 0 Å². The summed E-state index contributed by atoms with van der Waals surface area (Å²) < 4.78 is 21.3. The number of esters is 1. The first-order chi connectivity index (χ1) is 19.0. The number of aliphatic imine (C=N–C) groups is 1. The van der Waals surface area contributed by atoms with Crippen molar-refractivity contribution in [1.29, 1.82) is 5.41 Å². The minimum atomic E-state index is -0.623. The smallest absolute Gasteiger partial charge is 0.338 e. The van der Waals surface area contributed by atoms with Crippen LogP contribution in [0, 0.1) is 5.41 Å². The summed E-state index contributed by atoms with van der Waals surface area (Å²) in [6, 6.07) is 11.8. The fourth-order valence-corrected chi connectivity index (χ4v) is 3.92. The van der Waals surface area contributed by atoms with E-state index in [-0.39, 0.29) is 5.71 Å². The standard InChI is InChI=1S/C28H31N5O6/c1-36-24-8-5-20(17-25(24)37-2)23-9-10-30-26(32-23)18-22(29)27(34)31-21-6-3-19(4-7-21)28(35)39-16-13-33-11-14-38-15-12-33/h3-10,17-18,29,32H,11-16H2,1-2H3,(H,31,34)/b26-18-,29-22?. The molecule has 11 nitrogen and oxygen atoms in total. The van der Waals surface area contributed by atoms with Crippen LogP contribution >= 0.6 is 0 Å². The van der Waals surface area contributed by atoms with Crippen LogP contribution in [0.3, 0.4) is 0 Å². The second-order valence-electron chi connectivity index (χ2n) is 8.62. The summed E-state index contributed by atoms with van der Waals surface area (Å²) in [5.74, 6) is 0.456. The number of carbonyl (C=O) groups excluding carboxylic acids is 2. The largest absolute Gasteiger partial charge is 0.493 e. The lowest BCUT2D eigenvalue weighted by atomic mass is 10.1. The van der Waals surface area contributed by atoms with Crippen LogP contribution in [0.15, 0.2) is 65.4 Å². The Labute approximate surface area is 226 Å². The molecule has 39 heavy (non-hydrogen) atoms. The van der Waals surface area contributed by atoms with Crippen LogP contribution in [0.1, 0.15) is 15.9 Å². The highest BCUT2D eigenvalue weighted by Crippen LogP contribution is 2.30. The maximum atomic E-state index is 12.6. The van der Waals surface area contributed by atoms with Crippen molar-refractivity contribution in [1.82, 2.24) is 10.2 Å². The highest BCUT2D eigenvalue weighted by molar-refractivity contribution is 6.46. The van der Waals surface area contributed by atoms with Gasteiger partial charge in [-0.1, -0.05) is 0 Å². The molecule has 2 aromatic carbocycles. The first kappa shape index (κ1) is 27.6. The van der Waals surface area contributed by atoms with Crippen LogP contribution in [0.5, 0.6) is 11.5 Å². The predicted octanol–water partition coefficient (Wildman–Crippen LogP) is 2.71. The number of hydrogen-bond acceptors (Lipinski definition) is 10. The van der Waals surface area contributed by atoms with Gasteiger partial charge < -0.3 is 29.6 Å². The number of benzene rings is 2. The van der Waals surface area contributed by atoms with Crippen molar-refractivity contribution in [2.24, 2.45) is 4.99 Å². The first-order valence-electron chi connectivity index (χ1n) is 12.4. The summed E-state index contributed by atoms with van der Waals surface area (Å²) in [7, 11) is 3.13. The molecule has 1 fully saturated rings. The predicted molar refractivity (Wildman–Crippen MR) is 148 cm³/mol. The van der Waals surface area contributed by atoms with Crippen LogP contribution in [0.2, 0.25) is 0 Å². The molecule has 2 aliphatic heterocycles. The fraction of sp³-hybridized carbons (Fsp3) is 0.286. The molecule has 0 aromatic heterocycles. The number of nitrogens with one attached hydrogen (secondary N) is 3. The zero-order valence-corrected chi connectivity index (χ0v) is 21.9.